The molecule has 2 aliphatic heterocycles. The van der Waals surface area contributed by atoms with Crippen molar-refractivity contribution in [1.29, 1.82) is 0 Å². The second kappa shape index (κ2) is 13.6. The van der Waals surface area contributed by atoms with Crippen LogP contribution in [0.4, 0.5) is 0 Å². The highest BCUT2D eigenvalue weighted by Crippen LogP contribution is 2.65. The average Bonchev–Trinajstić information content (AvgIpc) is 3.31. The van der Waals surface area contributed by atoms with Crippen LogP contribution in [0.2, 0.25) is 0 Å². The number of hydrogen-bond acceptors (Lipinski definition) is 4. The van der Waals surface area contributed by atoms with Crippen molar-refractivity contribution in [1.82, 2.24) is 0 Å². The highest BCUT2D eigenvalue weighted by atomic mass is 16.7. The summed E-state index contributed by atoms with van der Waals surface area (Å²) in [6, 6.07) is 6.93. The molecule has 1 aromatic carbocycles. The minimum Gasteiger partial charge on any atom is -0.465 e. The van der Waals surface area contributed by atoms with Gasteiger partial charge in [-0.2, -0.15) is 0 Å². The maximum absolute atomic E-state index is 7.12. The molecule has 0 amide bonds. The zero-order chi connectivity index (χ0) is 29.0. The molecule has 2 saturated heterocycles. The Hall–Kier alpha value is -1.54. The van der Waals surface area contributed by atoms with Crippen molar-refractivity contribution in [3.63, 3.8) is 0 Å². The van der Waals surface area contributed by atoms with Crippen molar-refractivity contribution < 1.29 is 18.9 Å². The first-order valence-corrected chi connectivity index (χ1v) is 17.8. The molecule has 8 atom stereocenters. The minimum absolute atomic E-state index is 0.0754. The van der Waals surface area contributed by atoms with Gasteiger partial charge in [0.05, 0.1) is 6.61 Å². The second-order valence-corrected chi connectivity index (χ2v) is 14.3. The largest absolute Gasteiger partial charge is 0.465 e. The molecule has 3 unspecified atom stereocenters. The second-order valence-electron chi connectivity index (χ2n) is 14.3. The van der Waals surface area contributed by atoms with Crippen LogP contribution in [-0.4, -0.2) is 31.4 Å². The molecule has 0 N–H and O–H groups in total. The van der Waals surface area contributed by atoms with E-state index in [0.717, 1.165) is 63.9 Å². The molecule has 4 heteroatoms. The van der Waals surface area contributed by atoms with E-state index in [1.54, 1.807) is 5.56 Å². The molecular formula is C38H56O4. The fraction of sp³-hybridized carbons (Fsp3) is 0.789. The Balaban J connectivity index is 1.21. The lowest BCUT2D eigenvalue weighted by Crippen LogP contribution is -2.53. The highest BCUT2D eigenvalue weighted by molar-refractivity contribution is 5.41. The fourth-order valence-corrected chi connectivity index (χ4v) is 9.32. The molecule has 0 aromatic heterocycles. The number of unbranched alkanes of at least 4 members (excludes halogenated alkanes) is 1. The van der Waals surface area contributed by atoms with Gasteiger partial charge in [-0.15, -0.1) is 0 Å². The maximum Gasteiger partial charge on any atom is 0.199 e. The van der Waals surface area contributed by atoms with Crippen LogP contribution in [0.5, 0.6) is 5.75 Å². The Morgan fingerprint density at radius 3 is 2.50 bits per heavy atom. The van der Waals surface area contributed by atoms with Crippen molar-refractivity contribution >= 4 is 0 Å². The molecule has 1 aromatic rings. The molecule has 0 bridgehead atoms. The van der Waals surface area contributed by atoms with Gasteiger partial charge in [0.25, 0.3) is 0 Å². The Morgan fingerprint density at radius 2 is 1.76 bits per heavy atom. The van der Waals surface area contributed by atoms with Crippen LogP contribution >= 0.6 is 0 Å². The van der Waals surface area contributed by atoms with Crippen molar-refractivity contribution in [2.45, 2.75) is 154 Å². The van der Waals surface area contributed by atoms with Gasteiger partial charge < -0.3 is 18.9 Å². The first kappa shape index (κ1) is 30.5. The summed E-state index contributed by atoms with van der Waals surface area (Å²) in [5.41, 5.74) is 2.77. The van der Waals surface area contributed by atoms with Gasteiger partial charge in [-0.05, 0) is 124 Å². The van der Waals surface area contributed by atoms with Gasteiger partial charge in [0.1, 0.15) is 11.4 Å². The van der Waals surface area contributed by atoms with Crippen LogP contribution in [-0.2, 0) is 20.6 Å². The van der Waals surface area contributed by atoms with Gasteiger partial charge in [0, 0.05) is 24.9 Å². The molecule has 0 radical (unpaired) electrons. The molecule has 2 heterocycles. The predicted octanol–water partition coefficient (Wildman–Crippen LogP) is 9.34. The monoisotopic (exact) mass is 576 g/mol. The smallest absolute Gasteiger partial charge is 0.199 e. The van der Waals surface area contributed by atoms with E-state index in [2.05, 4.69) is 50.8 Å². The third kappa shape index (κ3) is 6.18. The first-order chi connectivity index (χ1) is 20.5. The van der Waals surface area contributed by atoms with Crippen LogP contribution in [0.25, 0.3) is 0 Å². The Kier molecular flexibility index (Phi) is 9.89. The Labute approximate surface area is 256 Å². The summed E-state index contributed by atoms with van der Waals surface area (Å²) in [4.78, 5) is 0. The molecule has 3 aliphatic carbocycles. The van der Waals surface area contributed by atoms with Crippen molar-refractivity contribution in [2.75, 3.05) is 13.2 Å². The van der Waals surface area contributed by atoms with E-state index in [1.807, 2.05) is 0 Å². The lowest BCUT2D eigenvalue weighted by atomic mass is 9.53. The standard InChI is InChI=1S/C38H56O4/c1-4-6-12-28(5-2)13-11-22-38(42-36-15-8-10-26-40-36)24-21-34-33-18-16-29-27-30(41-35-14-7-9-25-39-35)17-19-31(29)32(33)20-23-37(34,38)3/h17,19,27-28,32-36H,4-10,12-16,18,20-21,23-26H2,1-3H3/t28?,32-,33-,34+,35?,36?,37+,38+/m1/s1. The quantitative estimate of drug-likeness (QED) is 0.275. The number of hydrogen-bond donors (Lipinski definition) is 0. The summed E-state index contributed by atoms with van der Waals surface area (Å²) >= 11 is 0. The molecule has 42 heavy (non-hydrogen) atoms. The van der Waals surface area contributed by atoms with Gasteiger partial charge in [0.2, 0.25) is 0 Å². The van der Waals surface area contributed by atoms with Crippen LogP contribution < -0.4 is 4.74 Å². The summed E-state index contributed by atoms with van der Waals surface area (Å²) in [6.45, 7) is 8.81. The molecule has 4 fully saturated rings. The Morgan fingerprint density at radius 1 is 0.952 bits per heavy atom. The normalized spacial score (nSPS) is 36.6. The van der Waals surface area contributed by atoms with E-state index in [9.17, 15) is 0 Å². The lowest BCUT2D eigenvalue weighted by Gasteiger charge is -2.53. The molecular weight excluding hydrogens is 520 g/mol. The minimum atomic E-state index is -0.383. The van der Waals surface area contributed by atoms with E-state index in [-0.39, 0.29) is 23.6 Å². The zero-order valence-corrected chi connectivity index (χ0v) is 26.8. The van der Waals surface area contributed by atoms with Crippen LogP contribution in [0.1, 0.15) is 141 Å². The third-order valence-electron chi connectivity index (χ3n) is 11.9. The van der Waals surface area contributed by atoms with Crippen molar-refractivity contribution in [3.05, 3.63) is 29.3 Å². The predicted molar refractivity (Wildman–Crippen MR) is 168 cm³/mol. The highest BCUT2D eigenvalue weighted by Gasteiger charge is 2.63. The number of rotatable bonds is 9. The number of fused-ring (bicyclic) bond motifs is 5. The molecule has 232 valence electrons. The van der Waals surface area contributed by atoms with Crippen LogP contribution in [0.3, 0.4) is 0 Å². The van der Waals surface area contributed by atoms with Crippen LogP contribution in [0.15, 0.2) is 18.2 Å². The number of ether oxygens (including phenoxy) is 4. The summed E-state index contributed by atoms with van der Waals surface area (Å²) in [5.74, 6) is 11.3. The molecule has 0 spiro atoms. The van der Waals surface area contributed by atoms with Crippen molar-refractivity contribution in [2.24, 2.45) is 23.2 Å². The molecule has 6 rings (SSSR count). The number of aryl methyl sites for hydroxylation is 1. The van der Waals surface area contributed by atoms with E-state index in [1.165, 1.54) is 69.8 Å². The summed E-state index contributed by atoms with van der Waals surface area (Å²) in [6.07, 6.45) is 19.7. The molecule has 2 saturated carbocycles. The lowest BCUT2D eigenvalue weighted by molar-refractivity contribution is -0.238. The fourth-order valence-electron chi connectivity index (χ4n) is 9.32. The Bertz CT molecular complexity index is 1090. The SMILES string of the molecule is CCCCC(CC)CC#C[C@]1(OC2CCCCO2)CC[C@H]2[C@@H]3CCc4cc(OC5CCCCO5)ccc4[C@H]3CC[C@@]21C. The van der Waals surface area contributed by atoms with E-state index in [4.69, 9.17) is 18.9 Å². The van der Waals surface area contributed by atoms with Gasteiger partial charge in [-0.1, -0.05) is 57.9 Å². The molecule has 4 nitrogen and oxygen atoms in total. The van der Waals surface area contributed by atoms with Gasteiger partial charge in [-0.3, -0.25) is 0 Å². The van der Waals surface area contributed by atoms with Gasteiger partial charge in [-0.25, -0.2) is 0 Å². The van der Waals surface area contributed by atoms with Crippen molar-refractivity contribution in [3.8, 4) is 17.6 Å². The van der Waals surface area contributed by atoms with Gasteiger partial charge in [0.15, 0.2) is 12.6 Å². The van der Waals surface area contributed by atoms with Crippen LogP contribution in [0, 0.1) is 35.0 Å². The maximum atomic E-state index is 7.12. The topological polar surface area (TPSA) is 36.9 Å². The van der Waals surface area contributed by atoms with Gasteiger partial charge >= 0.3 is 0 Å². The van der Waals surface area contributed by atoms with E-state index < -0.39 is 0 Å². The summed E-state index contributed by atoms with van der Waals surface area (Å²) < 4.78 is 25.4. The van der Waals surface area contributed by atoms with E-state index in [0.29, 0.717) is 23.7 Å². The zero-order valence-electron chi connectivity index (χ0n) is 26.8. The third-order valence-corrected chi connectivity index (χ3v) is 11.9. The summed E-state index contributed by atoms with van der Waals surface area (Å²) in [7, 11) is 0. The average molecular weight is 577 g/mol. The first-order valence-electron chi connectivity index (χ1n) is 17.8. The summed E-state index contributed by atoms with van der Waals surface area (Å²) in [5, 5.41) is 0. The number of benzene rings is 1. The van der Waals surface area contributed by atoms with E-state index >= 15 is 0 Å². The molecule has 5 aliphatic rings.